The molecule has 0 bridgehead atoms. The Morgan fingerprint density at radius 1 is 1.38 bits per heavy atom. The third-order valence-corrected chi connectivity index (χ3v) is 3.25. The highest BCUT2D eigenvalue weighted by Gasteiger charge is 2.31. The minimum absolute atomic E-state index is 0.195. The molecule has 130 valence electrons. The smallest absolute Gasteiger partial charge is 0.410 e. The van der Waals surface area contributed by atoms with Gasteiger partial charge in [0.1, 0.15) is 17.7 Å². The first-order valence-electron chi connectivity index (χ1n) is 7.38. The molecule has 0 unspecified atom stereocenters. The minimum atomic E-state index is -0.924. The Kier molecular flexibility index (Phi) is 7.05. The summed E-state index contributed by atoms with van der Waals surface area (Å²) < 4.78 is 10.2. The standard InChI is InChI=1S/C17H21ClN2O4/c1-17(2,3)24-16(22)20(4)14(15(21)23-9-8-19)11-12-6-5-7-13(18)10-12/h5-7,10,14H,9,11H2,1-4H3/t14-/m0/s1. The number of nitriles is 1. The van der Waals surface area contributed by atoms with E-state index in [1.165, 1.54) is 11.9 Å². The zero-order chi connectivity index (χ0) is 18.3. The van der Waals surface area contributed by atoms with E-state index < -0.39 is 23.7 Å². The van der Waals surface area contributed by atoms with Crippen LogP contribution in [0.25, 0.3) is 0 Å². The fourth-order valence-electron chi connectivity index (χ4n) is 1.93. The maximum Gasteiger partial charge on any atom is 0.410 e. The van der Waals surface area contributed by atoms with Gasteiger partial charge in [-0.25, -0.2) is 9.59 Å². The van der Waals surface area contributed by atoms with Crippen molar-refractivity contribution >= 4 is 23.7 Å². The molecule has 0 N–H and O–H groups in total. The van der Waals surface area contributed by atoms with Gasteiger partial charge in [-0.2, -0.15) is 5.26 Å². The number of ether oxygens (including phenoxy) is 2. The Morgan fingerprint density at radius 2 is 2.04 bits per heavy atom. The van der Waals surface area contributed by atoms with Crippen LogP contribution >= 0.6 is 11.6 Å². The SMILES string of the molecule is CN(C(=O)OC(C)(C)C)[C@@H](Cc1cccc(Cl)c1)C(=O)OCC#N. The Hall–Kier alpha value is -2.26. The highest BCUT2D eigenvalue weighted by molar-refractivity contribution is 6.30. The van der Waals surface area contributed by atoms with Crippen LogP contribution in [0.2, 0.25) is 5.02 Å². The fourth-order valence-corrected chi connectivity index (χ4v) is 2.14. The topological polar surface area (TPSA) is 79.6 Å². The number of carbonyl (C=O) groups excluding carboxylic acids is 2. The molecular weight excluding hydrogens is 332 g/mol. The van der Waals surface area contributed by atoms with Gasteiger partial charge in [0.2, 0.25) is 0 Å². The van der Waals surface area contributed by atoms with Crippen LogP contribution < -0.4 is 0 Å². The average molecular weight is 353 g/mol. The molecule has 7 heteroatoms. The molecule has 0 aliphatic heterocycles. The van der Waals surface area contributed by atoms with Crippen molar-refractivity contribution in [1.82, 2.24) is 4.90 Å². The molecule has 1 atom stereocenters. The molecule has 0 fully saturated rings. The number of amides is 1. The van der Waals surface area contributed by atoms with E-state index in [-0.39, 0.29) is 13.0 Å². The van der Waals surface area contributed by atoms with Crippen molar-refractivity contribution in [3.05, 3.63) is 34.9 Å². The van der Waals surface area contributed by atoms with E-state index >= 15 is 0 Å². The van der Waals surface area contributed by atoms with Gasteiger partial charge in [0, 0.05) is 18.5 Å². The Balaban J connectivity index is 2.98. The van der Waals surface area contributed by atoms with Crippen LogP contribution in [0.1, 0.15) is 26.3 Å². The molecule has 1 aromatic carbocycles. The maximum atomic E-state index is 12.2. The maximum absolute atomic E-state index is 12.2. The number of esters is 1. The molecule has 1 amide bonds. The van der Waals surface area contributed by atoms with Gasteiger partial charge < -0.3 is 9.47 Å². The van der Waals surface area contributed by atoms with Crippen LogP contribution in [0.5, 0.6) is 0 Å². The summed E-state index contributed by atoms with van der Waals surface area (Å²) in [6.07, 6.45) is -0.455. The van der Waals surface area contributed by atoms with Crippen LogP contribution in [0.3, 0.4) is 0 Å². The van der Waals surface area contributed by atoms with E-state index in [1.807, 2.05) is 0 Å². The molecular formula is C17H21ClN2O4. The predicted octanol–water partition coefficient (Wildman–Crippen LogP) is 3.18. The van der Waals surface area contributed by atoms with Crippen molar-refractivity contribution < 1.29 is 19.1 Å². The molecule has 0 aliphatic carbocycles. The number of hydrogen-bond acceptors (Lipinski definition) is 5. The van der Waals surface area contributed by atoms with E-state index in [4.69, 9.17) is 26.3 Å². The number of rotatable bonds is 5. The number of hydrogen-bond donors (Lipinski definition) is 0. The van der Waals surface area contributed by atoms with Crippen molar-refractivity contribution in [2.45, 2.75) is 38.8 Å². The van der Waals surface area contributed by atoms with Gasteiger partial charge >= 0.3 is 12.1 Å². The van der Waals surface area contributed by atoms with Gasteiger partial charge in [-0.3, -0.25) is 4.90 Å². The van der Waals surface area contributed by atoms with Crippen LogP contribution in [-0.4, -0.2) is 42.3 Å². The number of benzene rings is 1. The predicted molar refractivity (Wildman–Crippen MR) is 89.5 cm³/mol. The van der Waals surface area contributed by atoms with Crippen LogP contribution in [0, 0.1) is 11.3 Å². The first-order valence-corrected chi connectivity index (χ1v) is 7.75. The summed E-state index contributed by atoms with van der Waals surface area (Å²) in [6.45, 7) is 4.82. The molecule has 0 spiro atoms. The van der Waals surface area contributed by atoms with E-state index in [9.17, 15) is 9.59 Å². The summed E-state index contributed by atoms with van der Waals surface area (Å²) >= 11 is 5.96. The summed E-state index contributed by atoms with van der Waals surface area (Å²) in [7, 11) is 1.46. The lowest BCUT2D eigenvalue weighted by atomic mass is 10.1. The fraction of sp³-hybridized carbons (Fsp3) is 0.471. The summed E-state index contributed by atoms with van der Waals surface area (Å²) in [6, 6.07) is 7.77. The second-order valence-electron chi connectivity index (χ2n) is 6.21. The number of halogens is 1. The summed E-state index contributed by atoms with van der Waals surface area (Å²) in [5.74, 6) is -0.676. The normalized spacial score (nSPS) is 12.0. The lowest BCUT2D eigenvalue weighted by Gasteiger charge is -2.29. The molecule has 0 heterocycles. The van der Waals surface area contributed by atoms with E-state index in [1.54, 1.807) is 51.1 Å². The van der Waals surface area contributed by atoms with E-state index in [0.29, 0.717) is 5.02 Å². The second kappa shape index (κ2) is 8.55. The first-order chi connectivity index (χ1) is 11.1. The van der Waals surface area contributed by atoms with Gasteiger partial charge in [-0.05, 0) is 38.5 Å². The molecule has 1 aromatic rings. The van der Waals surface area contributed by atoms with Crippen LogP contribution in [0.15, 0.2) is 24.3 Å². The Bertz CT molecular complexity index is 634. The Labute approximate surface area is 146 Å². The van der Waals surface area contributed by atoms with Crippen molar-refractivity contribution in [3.8, 4) is 6.07 Å². The van der Waals surface area contributed by atoms with Crippen molar-refractivity contribution in [3.63, 3.8) is 0 Å². The zero-order valence-electron chi connectivity index (χ0n) is 14.2. The molecule has 1 rings (SSSR count). The van der Waals surface area contributed by atoms with Crippen molar-refractivity contribution in [2.24, 2.45) is 0 Å². The lowest BCUT2D eigenvalue weighted by molar-refractivity contribution is -0.147. The van der Waals surface area contributed by atoms with Crippen molar-refractivity contribution in [2.75, 3.05) is 13.7 Å². The molecule has 0 saturated carbocycles. The lowest BCUT2D eigenvalue weighted by Crippen LogP contribution is -2.46. The summed E-state index contributed by atoms with van der Waals surface area (Å²) in [5.41, 5.74) is 0.0690. The van der Waals surface area contributed by atoms with Gasteiger partial charge in [0.25, 0.3) is 0 Å². The monoisotopic (exact) mass is 352 g/mol. The number of carbonyl (C=O) groups is 2. The molecule has 6 nitrogen and oxygen atoms in total. The molecule has 0 aliphatic rings. The quantitative estimate of drug-likeness (QED) is 0.760. The highest BCUT2D eigenvalue weighted by atomic mass is 35.5. The third-order valence-electron chi connectivity index (χ3n) is 3.02. The van der Waals surface area contributed by atoms with Gasteiger partial charge in [-0.1, -0.05) is 23.7 Å². The molecule has 0 saturated heterocycles. The molecule has 24 heavy (non-hydrogen) atoms. The van der Waals surface area contributed by atoms with E-state index in [2.05, 4.69) is 0 Å². The van der Waals surface area contributed by atoms with E-state index in [0.717, 1.165) is 5.56 Å². The third kappa shape index (κ3) is 6.47. The average Bonchev–Trinajstić information content (AvgIpc) is 2.48. The molecule has 0 radical (unpaired) electrons. The summed E-state index contributed by atoms with van der Waals surface area (Å²) in [4.78, 5) is 25.7. The Morgan fingerprint density at radius 3 is 2.58 bits per heavy atom. The summed E-state index contributed by atoms with van der Waals surface area (Å²) in [5, 5.41) is 9.10. The minimum Gasteiger partial charge on any atom is -0.449 e. The largest absolute Gasteiger partial charge is 0.449 e. The first kappa shape index (κ1) is 19.8. The highest BCUT2D eigenvalue weighted by Crippen LogP contribution is 2.17. The van der Waals surface area contributed by atoms with Gasteiger partial charge in [0.05, 0.1) is 0 Å². The van der Waals surface area contributed by atoms with Crippen LogP contribution in [0.4, 0.5) is 4.79 Å². The van der Waals surface area contributed by atoms with Crippen LogP contribution in [-0.2, 0) is 20.7 Å². The molecule has 0 aromatic heterocycles. The second-order valence-corrected chi connectivity index (χ2v) is 6.64. The van der Waals surface area contributed by atoms with Gasteiger partial charge in [-0.15, -0.1) is 0 Å². The van der Waals surface area contributed by atoms with Gasteiger partial charge in [0.15, 0.2) is 6.61 Å². The zero-order valence-corrected chi connectivity index (χ0v) is 15.0. The number of likely N-dealkylation sites (N-methyl/N-ethyl adjacent to an activating group) is 1. The van der Waals surface area contributed by atoms with Crippen molar-refractivity contribution in [1.29, 1.82) is 5.26 Å². The number of nitrogens with zero attached hydrogens (tertiary/aromatic N) is 2.